The zero-order chi connectivity index (χ0) is 11.1. The lowest BCUT2D eigenvalue weighted by atomic mass is 10.5. The number of nitrogens with zero attached hydrogens (tertiary/aromatic N) is 2. The molecule has 0 aliphatic heterocycles. The fraction of sp³-hybridized carbons (Fsp3) is 0.375. The second kappa shape index (κ2) is 5.76. The number of carbonyl (C=O) groups excluding carboxylic acids is 1. The predicted octanol–water partition coefficient (Wildman–Crippen LogP) is -1.03. The van der Waals surface area contributed by atoms with E-state index in [1.807, 2.05) is 0 Å². The Morgan fingerprint density at radius 3 is 3.07 bits per heavy atom. The highest BCUT2D eigenvalue weighted by Crippen LogP contribution is 2.01. The Bertz CT molecular complexity index is 331. The average molecular weight is 211 g/mol. The fourth-order valence-electron chi connectivity index (χ4n) is 0.896. The van der Waals surface area contributed by atoms with Crippen LogP contribution in [0.4, 0.5) is 11.8 Å². The van der Waals surface area contributed by atoms with Gasteiger partial charge in [0.2, 0.25) is 11.9 Å². The van der Waals surface area contributed by atoms with Gasteiger partial charge in [0.1, 0.15) is 12.4 Å². The summed E-state index contributed by atoms with van der Waals surface area (Å²) in [5.74, 6) is 0.338. The molecule has 0 saturated carbocycles. The molecule has 15 heavy (non-hydrogen) atoms. The van der Waals surface area contributed by atoms with E-state index in [-0.39, 0.29) is 12.6 Å². The van der Waals surface area contributed by atoms with Gasteiger partial charge in [-0.2, -0.15) is 4.98 Å². The SMILES string of the molecule is NC(=O)COCCNc1ccnc(N)n1. The van der Waals surface area contributed by atoms with Gasteiger partial charge in [-0.1, -0.05) is 0 Å². The van der Waals surface area contributed by atoms with Crippen molar-refractivity contribution in [2.75, 3.05) is 30.8 Å². The first-order valence-electron chi connectivity index (χ1n) is 4.37. The number of nitrogens with one attached hydrogen (secondary N) is 1. The van der Waals surface area contributed by atoms with E-state index in [1.54, 1.807) is 12.3 Å². The molecule has 82 valence electrons. The van der Waals surface area contributed by atoms with Crippen LogP contribution in [-0.4, -0.2) is 35.6 Å². The smallest absolute Gasteiger partial charge is 0.243 e. The molecule has 5 N–H and O–H groups in total. The van der Waals surface area contributed by atoms with E-state index < -0.39 is 5.91 Å². The third kappa shape index (κ3) is 4.77. The number of carbonyl (C=O) groups is 1. The number of anilines is 2. The zero-order valence-corrected chi connectivity index (χ0v) is 8.14. The molecule has 0 atom stereocenters. The van der Waals surface area contributed by atoms with Gasteiger partial charge in [-0.25, -0.2) is 4.98 Å². The van der Waals surface area contributed by atoms with E-state index in [9.17, 15) is 4.79 Å². The largest absolute Gasteiger partial charge is 0.370 e. The lowest BCUT2D eigenvalue weighted by molar-refractivity contribution is -0.122. The topological polar surface area (TPSA) is 116 Å². The van der Waals surface area contributed by atoms with Crippen LogP contribution >= 0.6 is 0 Å². The summed E-state index contributed by atoms with van der Waals surface area (Å²) in [6, 6.07) is 1.68. The monoisotopic (exact) mass is 211 g/mol. The number of ether oxygens (including phenoxy) is 1. The lowest BCUT2D eigenvalue weighted by Crippen LogP contribution is -2.20. The van der Waals surface area contributed by atoms with E-state index in [0.29, 0.717) is 19.0 Å². The maximum Gasteiger partial charge on any atom is 0.243 e. The van der Waals surface area contributed by atoms with Crippen molar-refractivity contribution in [3.05, 3.63) is 12.3 Å². The minimum Gasteiger partial charge on any atom is -0.370 e. The Balaban J connectivity index is 2.17. The van der Waals surface area contributed by atoms with Crippen LogP contribution in [0.1, 0.15) is 0 Å². The molecule has 7 nitrogen and oxygen atoms in total. The number of aromatic nitrogens is 2. The van der Waals surface area contributed by atoms with Crippen LogP contribution < -0.4 is 16.8 Å². The van der Waals surface area contributed by atoms with Crippen molar-refractivity contribution in [2.45, 2.75) is 0 Å². The first-order chi connectivity index (χ1) is 7.18. The van der Waals surface area contributed by atoms with E-state index in [2.05, 4.69) is 15.3 Å². The highest BCUT2D eigenvalue weighted by molar-refractivity contribution is 5.74. The molecular formula is C8H13N5O2. The number of primary amides is 1. The van der Waals surface area contributed by atoms with E-state index in [4.69, 9.17) is 16.2 Å². The van der Waals surface area contributed by atoms with E-state index in [1.165, 1.54) is 0 Å². The molecule has 1 aromatic heterocycles. The molecule has 0 radical (unpaired) electrons. The second-order valence-corrected chi connectivity index (χ2v) is 2.75. The first kappa shape index (κ1) is 11.2. The summed E-state index contributed by atoms with van der Waals surface area (Å²) >= 11 is 0. The summed E-state index contributed by atoms with van der Waals surface area (Å²) in [6.07, 6.45) is 1.55. The highest BCUT2D eigenvalue weighted by atomic mass is 16.5. The highest BCUT2D eigenvalue weighted by Gasteiger charge is 1.96. The second-order valence-electron chi connectivity index (χ2n) is 2.75. The van der Waals surface area contributed by atoms with Crippen molar-refractivity contribution in [1.29, 1.82) is 0 Å². The van der Waals surface area contributed by atoms with Crippen LogP contribution in [0.3, 0.4) is 0 Å². The summed E-state index contributed by atoms with van der Waals surface area (Å²) in [5.41, 5.74) is 10.3. The van der Waals surface area contributed by atoms with Crippen LogP contribution in [0.25, 0.3) is 0 Å². The van der Waals surface area contributed by atoms with Gasteiger partial charge in [0.05, 0.1) is 6.61 Å². The molecule has 0 aliphatic rings. The van der Waals surface area contributed by atoms with Gasteiger partial charge in [-0.05, 0) is 6.07 Å². The number of nitrogen functional groups attached to an aromatic ring is 1. The third-order valence-electron chi connectivity index (χ3n) is 1.47. The minimum atomic E-state index is -0.485. The number of nitrogens with two attached hydrogens (primary N) is 2. The molecule has 7 heteroatoms. The zero-order valence-electron chi connectivity index (χ0n) is 8.14. The number of rotatable bonds is 6. The number of hydrogen-bond acceptors (Lipinski definition) is 6. The van der Waals surface area contributed by atoms with E-state index in [0.717, 1.165) is 0 Å². The fourth-order valence-corrected chi connectivity index (χ4v) is 0.896. The van der Waals surface area contributed by atoms with Crippen LogP contribution in [-0.2, 0) is 9.53 Å². The van der Waals surface area contributed by atoms with Crippen molar-refractivity contribution in [2.24, 2.45) is 5.73 Å². The van der Waals surface area contributed by atoms with Gasteiger partial charge >= 0.3 is 0 Å². The Morgan fingerprint density at radius 1 is 1.60 bits per heavy atom. The van der Waals surface area contributed by atoms with Crippen LogP contribution in [0.5, 0.6) is 0 Å². The van der Waals surface area contributed by atoms with Crippen molar-refractivity contribution in [3.63, 3.8) is 0 Å². The lowest BCUT2D eigenvalue weighted by Gasteiger charge is -2.05. The molecule has 0 saturated heterocycles. The van der Waals surface area contributed by atoms with Crippen molar-refractivity contribution < 1.29 is 9.53 Å². The predicted molar refractivity (Wildman–Crippen MR) is 54.9 cm³/mol. The summed E-state index contributed by atoms with van der Waals surface area (Å²) in [6.45, 7) is 0.810. The normalized spacial score (nSPS) is 9.87. The Kier molecular flexibility index (Phi) is 4.30. The number of hydrogen-bond donors (Lipinski definition) is 3. The van der Waals surface area contributed by atoms with Gasteiger partial charge in [-0.15, -0.1) is 0 Å². The minimum absolute atomic E-state index is 0.0758. The van der Waals surface area contributed by atoms with Crippen LogP contribution in [0.2, 0.25) is 0 Å². The summed E-state index contributed by atoms with van der Waals surface area (Å²) in [7, 11) is 0. The molecule has 0 bridgehead atoms. The van der Waals surface area contributed by atoms with Gasteiger partial charge in [0.25, 0.3) is 0 Å². The molecule has 0 aromatic carbocycles. The quantitative estimate of drug-likeness (QED) is 0.518. The molecular weight excluding hydrogens is 198 g/mol. The van der Waals surface area contributed by atoms with Crippen molar-refractivity contribution >= 4 is 17.7 Å². The van der Waals surface area contributed by atoms with Gasteiger partial charge in [0, 0.05) is 12.7 Å². The Hall–Kier alpha value is -1.89. The standard InChI is InChI=1S/C8H13N5O2/c9-6(14)5-15-4-3-11-7-1-2-12-8(10)13-7/h1-2H,3-5H2,(H2,9,14)(H3,10,11,12,13). The maximum atomic E-state index is 10.3. The molecule has 0 spiro atoms. The summed E-state index contributed by atoms with van der Waals surface area (Å²) in [5, 5.41) is 2.95. The summed E-state index contributed by atoms with van der Waals surface area (Å²) in [4.78, 5) is 18.0. The van der Waals surface area contributed by atoms with Gasteiger partial charge in [-0.3, -0.25) is 4.79 Å². The van der Waals surface area contributed by atoms with Crippen molar-refractivity contribution in [1.82, 2.24) is 9.97 Å². The Morgan fingerprint density at radius 2 is 2.40 bits per heavy atom. The van der Waals surface area contributed by atoms with Gasteiger partial charge < -0.3 is 21.5 Å². The molecule has 0 unspecified atom stereocenters. The molecule has 0 aliphatic carbocycles. The van der Waals surface area contributed by atoms with Crippen LogP contribution in [0, 0.1) is 0 Å². The van der Waals surface area contributed by atoms with Crippen molar-refractivity contribution in [3.8, 4) is 0 Å². The molecule has 0 fully saturated rings. The molecule has 1 aromatic rings. The third-order valence-corrected chi connectivity index (χ3v) is 1.47. The van der Waals surface area contributed by atoms with E-state index >= 15 is 0 Å². The molecule has 1 rings (SSSR count). The first-order valence-corrected chi connectivity index (χ1v) is 4.37. The molecule has 1 amide bonds. The van der Waals surface area contributed by atoms with Gasteiger partial charge in [0.15, 0.2) is 0 Å². The van der Waals surface area contributed by atoms with Crippen LogP contribution in [0.15, 0.2) is 12.3 Å². The average Bonchev–Trinajstić information content (AvgIpc) is 2.17. The number of amides is 1. The molecule has 1 heterocycles. The summed E-state index contributed by atoms with van der Waals surface area (Å²) < 4.78 is 4.94. The maximum absolute atomic E-state index is 10.3. The Labute approximate surface area is 86.8 Å².